The molecule has 22 heavy (non-hydrogen) atoms. The highest BCUT2D eigenvalue weighted by atomic mass is 16.4. The molecule has 0 spiro atoms. The molecule has 2 heterocycles. The minimum Gasteiger partial charge on any atom is -0.481 e. The molecule has 120 valence electrons. The highest BCUT2D eigenvalue weighted by Gasteiger charge is 2.26. The zero-order chi connectivity index (χ0) is 15.9. The Balaban J connectivity index is 1.92. The van der Waals surface area contributed by atoms with E-state index >= 15 is 0 Å². The van der Waals surface area contributed by atoms with Crippen LogP contribution in [-0.2, 0) is 16.1 Å². The summed E-state index contributed by atoms with van der Waals surface area (Å²) in [7, 11) is 0. The van der Waals surface area contributed by atoms with Crippen molar-refractivity contribution in [3.8, 4) is 0 Å². The van der Waals surface area contributed by atoms with Crippen LogP contribution >= 0.6 is 0 Å². The summed E-state index contributed by atoms with van der Waals surface area (Å²) >= 11 is 0. The zero-order valence-electron chi connectivity index (χ0n) is 12.6. The van der Waals surface area contributed by atoms with E-state index in [1.807, 2.05) is 0 Å². The van der Waals surface area contributed by atoms with E-state index < -0.39 is 5.97 Å². The number of rotatable bonds is 6. The fourth-order valence-corrected chi connectivity index (χ4v) is 2.92. The molecular formula is C16H22N2O4. The molecule has 1 saturated heterocycles. The zero-order valence-corrected chi connectivity index (χ0v) is 12.6. The first-order valence-electron chi connectivity index (χ1n) is 7.74. The second-order valence-electron chi connectivity index (χ2n) is 5.65. The Morgan fingerprint density at radius 3 is 2.77 bits per heavy atom. The van der Waals surface area contributed by atoms with E-state index in [-0.39, 0.29) is 30.3 Å². The summed E-state index contributed by atoms with van der Waals surface area (Å²) in [5, 5.41) is 8.81. The first-order chi connectivity index (χ1) is 10.6. The van der Waals surface area contributed by atoms with Crippen LogP contribution in [0.15, 0.2) is 29.2 Å². The molecule has 1 aromatic heterocycles. The van der Waals surface area contributed by atoms with E-state index in [0.29, 0.717) is 19.5 Å². The Hall–Kier alpha value is -2.11. The SMILES string of the molecule is O=C(O)CCC1CCCCN1C(=O)CCn1ccccc1=O. The lowest BCUT2D eigenvalue weighted by molar-refractivity contribution is -0.140. The summed E-state index contributed by atoms with van der Waals surface area (Å²) in [6, 6.07) is 4.93. The number of aliphatic carboxylic acids is 1. The molecule has 0 bridgehead atoms. The first kappa shape index (κ1) is 16.3. The van der Waals surface area contributed by atoms with Gasteiger partial charge in [0.25, 0.3) is 5.56 Å². The van der Waals surface area contributed by atoms with E-state index in [1.54, 1.807) is 23.2 Å². The Labute approximate surface area is 129 Å². The fourth-order valence-electron chi connectivity index (χ4n) is 2.92. The van der Waals surface area contributed by atoms with Gasteiger partial charge in [-0.2, -0.15) is 0 Å². The number of likely N-dealkylation sites (tertiary alicyclic amines) is 1. The second-order valence-corrected chi connectivity index (χ2v) is 5.65. The Morgan fingerprint density at radius 1 is 1.23 bits per heavy atom. The van der Waals surface area contributed by atoms with Gasteiger partial charge in [-0.25, -0.2) is 0 Å². The van der Waals surface area contributed by atoms with E-state index in [0.717, 1.165) is 19.3 Å². The number of aromatic nitrogens is 1. The van der Waals surface area contributed by atoms with Crippen molar-refractivity contribution in [3.63, 3.8) is 0 Å². The molecule has 0 saturated carbocycles. The standard InChI is InChI=1S/C16H22N2O4/c19-14-6-2-3-10-17(14)12-9-15(20)18-11-4-1-5-13(18)7-8-16(21)22/h2-3,6,10,13H,1,4-5,7-9,11-12H2,(H,21,22). The third kappa shape index (κ3) is 4.44. The van der Waals surface area contributed by atoms with Gasteiger partial charge in [-0.15, -0.1) is 0 Å². The minimum absolute atomic E-state index is 0.00541. The number of carbonyl (C=O) groups is 2. The van der Waals surface area contributed by atoms with E-state index in [4.69, 9.17) is 5.11 Å². The van der Waals surface area contributed by atoms with Gasteiger partial charge in [-0.3, -0.25) is 14.4 Å². The van der Waals surface area contributed by atoms with Crippen LogP contribution in [0.2, 0.25) is 0 Å². The third-order valence-electron chi connectivity index (χ3n) is 4.10. The number of carboxylic acids is 1. The monoisotopic (exact) mass is 306 g/mol. The van der Waals surface area contributed by atoms with Crippen molar-refractivity contribution in [2.75, 3.05) is 6.54 Å². The fraction of sp³-hybridized carbons (Fsp3) is 0.562. The van der Waals surface area contributed by atoms with Crippen molar-refractivity contribution < 1.29 is 14.7 Å². The van der Waals surface area contributed by atoms with Crippen molar-refractivity contribution >= 4 is 11.9 Å². The number of hydrogen-bond acceptors (Lipinski definition) is 3. The number of nitrogens with zero attached hydrogens (tertiary/aromatic N) is 2. The van der Waals surface area contributed by atoms with Gasteiger partial charge in [0, 0.05) is 44.2 Å². The van der Waals surface area contributed by atoms with Crippen LogP contribution in [0.25, 0.3) is 0 Å². The summed E-state index contributed by atoms with van der Waals surface area (Å²) in [5.74, 6) is -0.820. The van der Waals surface area contributed by atoms with Gasteiger partial charge in [-0.1, -0.05) is 6.07 Å². The van der Waals surface area contributed by atoms with Crippen LogP contribution in [0, 0.1) is 0 Å². The second kappa shape index (κ2) is 7.77. The van der Waals surface area contributed by atoms with Crippen LogP contribution in [0.3, 0.4) is 0 Å². The molecule has 1 amide bonds. The molecule has 0 aromatic carbocycles. The lowest BCUT2D eigenvalue weighted by atomic mass is 9.97. The molecule has 1 fully saturated rings. The Bertz CT molecular complexity index is 582. The number of piperidine rings is 1. The number of hydrogen-bond donors (Lipinski definition) is 1. The highest BCUT2D eigenvalue weighted by Crippen LogP contribution is 2.21. The first-order valence-corrected chi connectivity index (χ1v) is 7.74. The maximum Gasteiger partial charge on any atom is 0.303 e. The normalized spacial score (nSPS) is 18.2. The van der Waals surface area contributed by atoms with Gasteiger partial charge < -0.3 is 14.6 Å². The lowest BCUT2D eigenvalue weighted by Gasteiger charge is -2.35. The molecule has 2 rings (SSSR count). The Kier molecular flexibility index (Phi) is 5.75. The van der Waals surface area contributed by atoms with E-state index in [9.17, 15) is 14.4 Å². The van der Waals surface area contributed by atoms with Crippen LogP contribution in [-0.4, -0.2) is 39.0 Å². The van der Waals surface area contributed by atoms with Crippen molar-refractivity contribution in [3.05, 3.63) is 34.7 Å². The number of aryl methyl sites for hydroxylation is 1. The van der Waals surface area contributed by atoms with Crippen molar-refractivity contribution in [2.24, 2.45) is 0 Å². The summed E-state index contributed by atoms with van der Waals surface area (Å²) in [6.07, 6.45) is 5.40. The van der Waals surface area contributed by atoms with Crippen LogP contribution < -0.4 is 5.56 Å². The van der Waals surface area contributed by atoms with Crippen LogP contribution in [0.5, 0.6) is 0 Å². The third-order valence-corrected chi connectivity index (χ3v) is 4.10. The maximum absolute atomic E-state index is 12.4. The van der Waals surface area contributed by atoms with Crippen LogP contribution in [0.4, 0.5) is 0 Å². The van der Waals surface area contributed by atoms with Crippen molar-refractivity contribution in [1.82, 2.24) is 9.47 Å². The summed E-state index contributed by atoms with van der Waals surface area (Å²) in [4.78, 5) is 36.6. The predicted octanol–water partition coefficient (Wildman–Crippen LogP) is 1.48. The summed E-state index contributed by atoms with van der Waals surface area (Å²) in [6.45, 7) is 1.05. The molecule has 1 aliphatic heterocycles. The molecule has 6 heteroatoms. The maximum atomic E-state index is 12.4. The average Bonchev–Trinajstić information content (AvgIpc) is 2.52. The molecule has 6 nitrogen and oxygen atoms in total. The van der Waals surface area contributed by atoms with Crippen molar-refractivity contribution in [2.45, 2.75) is 51.1 Å². The molecule has 1 atom stereocenters. The molecule has 1 aromatic rings. The molecule has 1 unspecified atom stereocenters. The van der Waals surface area contributed by atoms with Gasteiger partial charge in [0.1, 0.15) is 0 Å². The summed E-state index contributed by atoms with van der Waals surface area (Å²) in [5.41, 5.74) is -0.114. The molecule has 1 aliphatic rings. The highest BCUT2D eigenvalue weighted by molar-refractivity contribution is 5.76. The van der Waals surface area contributed by atoms with Gasteiger partial charge in [-0.05, 0) is 31.7 Å². The molecular weight excluding hydrogens is 284 g/mol. The van der Waals surface area contributed by atoms with Gasteiger partial charge >= 0.3 is 5.97 Å². The number of amides is 1. The largest absolute Gasteiger partial charge is 0.481 e. The quantitative estimate of drug-likeness (QED) is 0.863. The van der Waals surface area contributed by atoms with Crippen molar-refractivity contribution in [1.29, 1.82) is 0 Å². The smallest absolute Gasteiger partial charge is 0.303 e. The average molecular weight is 306 g/mol. The molecule has 0 aliphatic carbocycles. The van der Waals surface area contributed by atoms with Crippen LogP contribution in [0.1, 0.15) is 38.5 Å². The molecule has 0 radical (unpaired) electrons. The predicted molar refractivity (Wildman–Crippen MR) is 81.5 cm³/mol. The lowest BCUT2D eigenvalue weighted by Crippen LogP contribution is -2.44. The number of pyridine rings is 1. The summed E-state index contributed by atoms with van der Waals surface area (Å²) < 4.78 is 1.52. The van der Waals surface area contributed by atoms with E-state index in [1.165, 1.54) is 10.6 Å². The Morgan fingerprint density at radius 2 is 2.05 bits per heavy atom. The van der Waals surface area contributed by atoms with Gasteiger partial charge in [0.15, 0.2) is 0 Å². The van der Waals surface area contributed by atoms with E-state index in [2.05, 4.69) is 0 Å². The minimum atomic E-state index is -0.825. The van der Waals surface area contributed by atoms with Gasteiger partial charge in [0.2, 0.25) is 5.91 Å². The molecule has 1 N–H and O–H groups in total. The topological polar surface area (TPSA) is 79.6 Å². The number of carbonyl (C=O) groups excluding carboxylic acids is 1. The van der Waals surface area contributed by atoms with Gasteiger partial charge in [0.05, 0.1) is 0 Å². The number of carboxylic acid groups (broad SMARTS) is 1.